The molecular formula is C24H23F3N4O2S. The Labute approximate surface area is 197 Å². The van der Waals surface area contributed by atoms with Crippen LogP contribution in [0.4, 0.5) is 23.7 Å². The molecule has 0 saturated carbocycles. The Kier molecular flexibility index (Phi) is 7.49. The van der Waals surface area contributed by atoms with Gasteiger partial charge in [0, 0.05) is 36.2 Å². The number of allylic oxidation sites excluding steroid dienone is 1. The summed E-state index contributed by atoms with van der Waals surface area (Å²) in [4.78, 5) is 19.7. The van der Waals surface area contributed by atoms with Crippen molar-refractivity contribution in [3.8, 4) is 6.57 Å². The first-order valence-corrected chi connectivity index (χ1v) is 11.9. The van der Waals surface area contributed by atoms with Crippen LogP contribution < -0.4 is 4.90 Å². The molecule has 0 spiro atoms. The standard InChI is InChI=1S/C23H22F3N3O2S.CHN/c1-14-10-11-18(19(12-14)32(5,6)31)21-20(27-3)15(2)29(22(30)28(21)4)17-9-7-8-16(13-17)23(24,25)26;1-2/h7-13,21H,5H2,1-2,4,6H3;1H/t21-,32?;/m1./s1. The number of carbonyl (C=O) groups excluding carboxylic acids is 1. The molecule has 2 aromatic carbocycles. The molecule has 0 fully saturated rings. The summed E-state index contributed by atoms with van der Waals surface area (Å²) in [7, 11) is -1.22. The number of alkyl halides is 3. The Morgan fingerprint density at radius 3 is 2.32 bits per heavy atom. The Morgan fingerprint density at radius 1 is 1.18 bits per heavy atom. The van der Waals surface area contributed by atoms with E-state index in [0.717, 1.165) is 22.6 Å². The fraction of sp³-hybridized carbons (Fsp3) is 0.250. The summed E-state index contributed by atoms with van der Waals surface area (Å²) in [5.41, 5.74) is 0.831. The average Bonchev–Trinajstić information content (AvgIpc) is 2.77. The van der Waals surface area contributed by atoms with Crippen molar-refractivity contribution in [2.45, 2.75) is 31.0 Å². The molecule has 1 heterocycles. The highest BCUT2D eigenvalue weighted by molar-refractivity contribution is 7.99. The second kappa shape index (κ2) is 9.62. The number of urea groups is 1. The average molecular weight is 489 g/mol. The third kappa shape index (κ3) is 4.92. The smallest absolute Gasteiger partial charge is 0.325 e. The molecule has 0 bridgehead atoms. The van der Waals surface area contributed by atoms with Crippen LogP contribution >= 0.6 is 0 Å². The molecule has 0 N–H and O–H groups in total. The second-order valence-electron chi connectivity index (χ2n) is 7.81. The second-order valence-corrected chi connectivity index (χ2v) is 10.3. The van der Waals surface area contributed by atoms with E-state index in [1.165, 1.54) is 37.3 Å². The van der Waals surface area contributed by atoms with E-state index in [1.807, 2.05) is 6.92 Å². The van der Waals surface area contributed by atoms with Gasteiger partial charge in [-0.1, -0.05) is 18.2 Å². The summed E-state index contributed by atoms with van der Waals surface area (Å²) < 4.78 is 52.5. The lowest BCUT2D eigenvalue weighted by atomic mass is 9.97. The Morgan fingerprint density at radius 2 is 1.79 bits per heavy atom. The molecular weight excluding hydrogens is 465 g/mol. The molecule has 3 rings (SSSR count). The molecule has 0 radical (unpaired) electrons. The maximum absolute atomic E-state index is 13.3. The van der Waals surface area contributed by atoms with Gasteiger partial charge >= 0.3 is 12.2 Å². The zero-order valence-corrected chi connectivity index (χ0v) is 19.9. The summed E-state index contributed by atoms with van der Waals surface area (Å²) in [6.07, 6.45) is -3.09. The third-order valence-electron chi connectivity index (χ3n) is 5.33. The maximum atomic E-state index is 13.3. The van der Waals surface area contributed by atoms with E-state index in [0.29, 0.717) is 10.5 Å². The third-order valence-corrected chi connectivity index (χ3v) is 6.61. The molecule has 0 aromatic heterocycles. The number of hydrogen-bond donors (Lipinski definition) is 0. The highest BCUT2D eigenvalue weighted by Crippen LogP contribution is 2.42. The quantitative estimate of drug-likeness (QED) is 0.416. The van der Waals surface area contributed by atoms with Crippen LogP contribution in [-0.4, -0.2) is 34.3 Å². The van der Waals surface area contributed by atoms with Gasteiger partial charge in [0.2, 0.25) is 5.70 Å². The van der Waals surface area contributed by atoms with Crippen molar-refractivity contribution in [3.05, 3.63) is 82.0 Å². The number of likely N-dealkylation sites (N-methyl/N-ethyl adjacent to an activating group) is 1. The van der Waals surface area contributed by atoms with Crippen LogP contribution in [0.5, 0.6) is 0 Å². The lowest BCUT2D eigenvalue weighted by molar-refractivity contribution is -0.137. The number of rotatable bonds is 3. The fourth-order valence-electron chi connectivity index (χ4n) is 3.77. The van der Waals surface area contributed by atoms with E-state index in [4.69, 9.17) is 11.8 Å². The van der Waals surface area contributed by atoms with E-state index >= 15 is 0 Å². The summed E-state index contributed by atoms with van der Waals surface area (Å²) >= 11 is 0. The number of halogens is 3. The SMILES string of the molecule is C#N.[C-]#[N+]C1=C(C)N(c2cccc(C(F)(F)F)c2)C(=O)N(C)[C@@H]1c1ccc(C)cc1S(=C)(C)=O. The van der Waals surface area contributed by atoms with Crippen LogP contribution in [0.2, 0.25) is 0 Å². The molecule has 34 heavy (non-hydrogen) atoms. The molecule has 178 valence electrons. The number of hydrogen-bond acceptors (Lipinski definition) is 3. The van der Waals surface area contributed by atoms with Gasteiger partial charge < -0.3 is 4.90 Å². The van der Waals surface area contributed by atoms with Crippen LogP contribution in [-0.2, 0) is 15.7 Å². The lowest BCUT2D eigenvalue weighted by Gasteiger charge is -2.40. The van der Waals surface area contributed by atoms with Crippen molar-refractivity contribution >= 4 is 27.1 Å². The summed E-state index contributed by atoms with van der Waals surface area (Å²) in [6, 6.07) is 8.18. The van der Waals surface area contributed by atoms with E-state index in [-0.39, 0.29) is 17.1 Å². The minimum absolute atomic E-state index is 0.00866. The minimum Gasteiger partial charge on any atom is -0.325 e. The molecule has 10 heteroatoms. The Hall–Kier alpha value is -3.76. The number of aryl methyl sites for hydroxylation is 1. The van der Waals surface area contributed by atoms with Gasteiger partial charge in [0.1, 0.15) is 0 Å². The van der Waals surface area contributed by atoms with Gasteiger partial charge in [0.15, 0.2) is 0 Å². The van der Waals surface area contributed by atoms with Gasteiger partial charge in [-0.15, -0.1) is 0 Å². The van der Waals surface area contributed by atoms with Crippen molar-refractivity contribution in [3.63, 3.8) is 0 Å². The zero-order valence-electron chi connectivity index (χ0n) is 19.1. The Balaban J connectivity index is 0.00000199. The maximum Gasteiger partial charge on any atom is 0.416 e. The van der Waals surface area contributed by atoms with Gasteiger partial charge in [-0.05, 0) is 64.6 Å². The van der Waals surface area contributed by atoms with Crippen molar-refractivity contribution in [2.75, 3.05) is 18.2 Å². The molecule has 0 saturated heterocycles. The summed E-state index contributed by atoms with van der Waals surface area (Å²) in [5, 5.41) is 6.50. The van der Waals surface area contributed by atoms with Crippen LogP contribution in [0.3, 0.4) is 0 Å². The largest absolute Gasteiger partial charge is 0.416 e. The van der Waals surface area contributed by atoms with Crippen molar-refractivity contribution in [1.29, 1.82) is 5.26 Å². The van der Waals surface area contributed by atoms with Gasteiger partial charge in [-0.3, -0.25) is 9.11 Å². The van der Waals surface area contributed by atoms with E-state index in [9.17, 15) is 22.2 Å². The summed E-state index contributed by atoms with van der Waals surface area (Å²) in [6.45, 7) is 14.6. The topological polar surface area (TPSA) is 68.8 Å². The normalized spacial score (nSPS) is 18.0. The van der Waals surface area contributed by atoms with Crippen molar-refractivity contribution in [1.82, 2.24) is 4.90 Å². The fourth-order valence-corrected chi connectivity index (χ4v) is 4.89. The van der Waals surface area contributed by atoms with E-state index in [1.54, 1.807) is 18.2 Å². The predicted molar refractivity (Wildman–Crippen MR) is 126 cm³/mol. The molecule has 1 aliphatic heterocycles. The molecule has 1 aliphatic rings. The first-order chi connectivity index (χ1) is 15.8. The van der Waals surface area contributed by atoms with Crippen LogP contribution in [0.1, 0.15) is 29.7 Å². The molecule has 6 nitrogen and oxygen atoms in total. The van der Waals surface area contributed by atoms with Gasteiger partial charge in [-0.25, -0.2) is 14.9 Å². The highest BCUT2D eigenvalue weighted by atomic mass is 32.2. The van der Waals surface area contributed by atoms with Crippen LogP contribution in [0, 0.1) is 25.3 Å². The number of carbonyl (C=O) groups is 1. The van der Waals surface area contributed by atoms with Crippen molar-refractivity contribution < 1.29 is 22.2 Å². The number of nitriles is 1. The molecule has 2 atom stereocenters. The predicted octanol–water partition coefficient (Wildman–Crippen LogP) is 5.62. The van der Waals surface area contributed by atoms with Gasteiger partial charge in [0.25, 0.3) is 0 Å². The Bertz CT molecular complexity index is 1320. The van der Waals surface area contributed by atoms with Crippen LogP contribution in [0.15, 0.2) is 58.8 Å². The number of anilines is 1. The van der Waals surface area contributed by atoms with Crippen molar-refractivity contribution in [2.24, 2.45) is 0 Å². The van der Waals surface area contributed by atoms with Gasteiger partial charge in [-0.2, -0.15) is 13.2 Å². The molecule has 0 aliphatic carbocycles. The first-order valence-electron chi connectivity index (χ1n) is 9.78. The minimum atomic E-state index is -4.57. The summed E-state index contributed by atoms with van der Waals surface area (Å²) in [5.74, 6) is 3.76. The highest BCUT2D eigenvalue weighted by Gasteiger charge is 2.40. The number of nitrogens with zero attached hydrogens (tertiary/aromatic N) is 4. The number of benzene rings is 2. The van der Waals surface area contributed by atoms with Crippen LogP contribution in [0.25, 0.3) is 4.85 Å². The number of amides is 2. The molecule has 2 amide bonds. The monoisotopic (exact) mass is 488 g/mol. The lowest BCUT2D eigenvalue weighted by Crippen LogP contribution is -2.47. The van der Waals surface area contributed by atoms with E-state index < -0.39 is 33.3 Å². The first kappa shape index (κ1) is 26.5. The van der Waals surface area contributed by atoms with E-state index in [2.05, 4.69) is 17.3 Å². The molecule has 2 aromatic rings. The zero-order chi connectivity index (χ0) is 26.0. The van der Waals surface area contributed by atoms with Gasteiger partial charge in [0.05, 0.1) is 18.2 Å². The molecule has 1 unspecified atom stereocenters.